The first-order valence-electron chi connectivity index (χ1n) is 13.5. The lowest BCUT2D eigenvalue weighted by Crippen LogP contribution is -2.48. The first-order chi connectivity index (χ1) is 19.3. The predicted molar refractivity (Wildman–Crippen MR) is 157 cm³/mol. The fraction of sp³-hybridized carbons (Fsp3) is 0.387. The molecule has 0 aliphatic carbocycles. The van der Waals surface area contributed by atoms with Crippen molar-refractivity contribution in [2.75, 3.05) is 51.4 Å². The zero-order valence-electron chi connectivity index (χ0n) is 22.8. The second kappa shape index (κ2) is 12.7. The highest BCUT2D eigenvalue weighted by molar-refractivity contribution is 6.35. The van der Waals surface area contributed by atoms with Crippen molar-refractivity contribution in [3.8, 4) is 11.5 Å². The van der Waals surface area contributed by atoms with Crippen molar-refractivity contribution in [1.29, 1.82) is 0 Å². The van der Waals surface area contributed by atoms with Gasteiger partial charge in [-0.1, -0.05) is 41.4 Å². The lowest BCUT2D eigenvalue weighted by Gasteiger charge is -2.36. The second-order valence-electron chi connectivity index (χ2n) is 10.1. The maximum atomic E-state index is 12.8. The standard InChI is InChI=1S/C31H34Cl2N2O5/c1-31(28-12-7-23(32)19-29(28)33)39-21-27(40-31)20-38-25-10-8-24(9-11-25)34-14-16-35(17-15-34)30(36)13-6-22-4-3-5-26(18-22)37-2/h3-5,7-12,18-19,27H,6,13-17,20-21H2,1-2H3/t27-,31+/m1/s1. The predicted octanol–water partition coefficient (Wildman–Crippen LogP) is 5.95. The lowest BCUT2D eigenvalue weighted by molar-refractivity contribution is -0.164. The average molecular weight is 586 g/mol. The van der Waals surface area contributed by atoms with Gasteiger partial charge in [0.1, 0.15) is 24.2 Å². The SMILES string of the molecule is COc1cccc(CCC(=O)N2CCN(c3ccc(OC[C@@H]4CO[C@](C)(c5ccc(Cl)cc5Cl)O4)cc3)CC2)c1. The van der Waals surface area contributed by atoms with Crippen molar-refractivity contribution in [2.24, 2.45) is 0 Å². The van der Waals surface area contributed by atoms with Gasteiger partial charge in [-0.05, 0) is 67.4 Å². The van der Waals surface area contributed by atoms with E-state index < -0.39 is 5.79 Å². The molecule has 1 amide bonds. The number of hydrogen-bond acceptors (Lipinski definition) is 6. The van der Waals surface area contributed by atoms with Gasteiger partial charge in [0.15, 0.2) is 5.79 Å². The van der Waals surface area contributed by atoms with Crippen LogP contribution in [0.5, 0.6) is 11.5 Å². The molecule has 2 atom stereocenters. The van der Waals surface area contributed by atoms with Crippen molar-refractivity contribution in [3.63, 3.8) is 0 Å². The van der Waals surface area contributed by atoms with Gasteiger partial charge in [-0.3, -0.25) is 4.79 Å². The van der Waals surface area contributed by atoms with Gasteiger partial charge in [0.25, 0.3) is 0 Å². The summed E-state index contributed by atoms with van der Waals surface area (Å²) in [6.45, 7) is 5.63. The van der Waals surface area contributed by atoms with Gasteiger partial charge >= 0.3 is 0 Å². The van der Waals surface area contributed by atoms with E-state index in [4.69, 9.17) is 42.1 Å². The van der Waals surface area contributed by atoms with Gasteiger partial charge < -0.3 is 28.7 Å². The van der Waals surface area contributed by atoms with Gasteiger partial charge in [-0.25, -0.2) is 0 Å². The van der Waals surface area contributed by atoms with Crippen molar-refractivity contribution in [3.05, 3.63) is 87.9 Å². The third-order valence-corrected chi connectivity index (χ3v) is 7.94. The summed E-state index contributed by atoms with van der Waals surface area (Å²) in [5, 5.41) is 1.07. The molecule has 2 aliphatic heterocycles. The van der Waals surface area contributed by atoms with Crippen LogP contribution in [-0.4, -0.2) is 63.4 Å². The Morgan fingerprint density at radius 3 is 2.50 bits per heavy atom. The number of hydrogen-bond donors (Lipinski definition) is 0. The summed E-state index contributed by atoms with van der Waals surface area (Å²) in [5.74, 6) is 0.826. The van der Waals surface area contributed by atoms with E-state index in [1.807, 2.05) is 54.3 Å². The van der Waals surface area contributed by atoms with E-state index >= 15 is 0 Å². The first-order valence-corrected chi connectivity index (χ1v) is 14.2. The van der Waals surface area contributed by atoms with Crippen LogP contribution in [0.15, 0.2) is 66.7 Å². The Kier molecular flexibility index (Phi) is 9.06. The minimum absolute atomic E-state index is 0.193. The van der Waals surface area contributed by atoms with Crippen LogP contribution in [0.3, 0.4) is 0 Å². The summed E-state index contributed by atoms with van der Waals surface area (Å²) in [6.07, 6.45) is 0.982. The summed E-state index contributed by atoms with van der Waals surface area (Å²) in [5.41, 5.74) is 2.96. The smallest absolute Gasteiger partial charge is 0.223 e. The molecule has 9 heteroatoms. The van der Waals surface area contributed by atoms with Crippen molar-refractivity contribution < 1.29 is 23.7 Å². The Labute approximate surface area is 245 Å². The number of aryl methyl sites for hydroxylation is 1. The molecule has 3 aromatic carbocycles. The Balaban J connectivity index is 1.06. The quantitative estimate of drug-likeness (QED) is 0.310. The van der Waals surface area contributed by atoms with Crippen LogP contribution in [0.25, 0.3) is 0 Å². The number of carbonyl (C=O) groups excluding carboxylic acids is 1. The van der Waals surface area contributed by atoms with E-state index in [1.165, 1.54) is 0 Å². The summed E-state index contributed by atoms with van der Waals surface area (Å²) in [7, 11) is 1.65. The van der Waals surface area contributed by atoms with Crippen LogP contribution < -0.4 is 14.4 Å². The molecule has 0 spiro atoms. The van der Waals surface area contributed by atoms with Gasteiger partial charge in [0, 0.05) is 48.9 Å². The van der Waals surface area contributed by atoms with Crippen molar-refractivity contribution >= 4 is 34.8 Å². The van der Waals surface area contributed by atoms with E-state index in [1.54, 1.807) is 19.2 Å². The number of methoxy groups -OCH3 is 1. The summed E-state index contributed by atoms with van der Waals surface area (Å²) in [4.78, 5) is 17.0. The molecule has 0 bridgehead atoms. The monoisotopic (exact) mass is 584 g/mol. The maximum absolute atomic E-state index is 12.8. The topological polar surface area (TPSA) is 60.5 Å². The van der Waals surface area contributed by atoms with Crippen LogP contribution in [0, 0.1) is 0 Å². The molecule has 0 saturated carbocycles. The normalized spacial score (nSPS) is 20.9. The Bertz CT molecular complexity index is 1310. The van der Waals surface area contributed by atoms with E-state index in [-0.39, 0.29) is 12.0 Å². The number of anilines is 1. The van der Waals surface area contributed by atoms with E-state index in [0.29, 0.717) is 49.2 Å². The molecule has 0 radical (unpaired) electrons. The molecule has 2 fully saturated rings. The summed E-state index contributed by atoms with van der Waals surface area (Å²) in [6, 6.07) is 21.2. The van der Waals surface area contributed by atoms with Gasteiger partial charge in [0.2, 0.25) is 5.91 Å². The number of ether oxygens (including phenoxy) is 4. The lowest BCUT2D eigenvalue weighted by atomic mass is 10.1. The highest BCUT2D eigenvalue weighted by Crippen LogP contribution is 2.38. The zero-order chi connectivity index (χ0) is 28.1. The molecule has 40 heavy (non-hydrogen) atoms. The van der Waals surface area contributed by atoms with Gasteiger partial charge in [-0.2, -0.15) is 0 Å². The third-order valence-electron chi connectivity index (χ3n) is 7.39. The van der Waals surface area contributed by atoms with Gasteiger partial charge in [0.05, 0.1) is 18.7 Å². The average Bonchev–Trinajstić information content (AvgIpc) is 3.36. The molecule has 2 saturated heterocycles. The fourth-order valence-corrected chi connectivity index (χ4v) is 5.69. The zero-order valence-corrected chi connectivity index (χ0v) is 24.3. The minimum Gasteiger partial charge on any atom is -0.497 e. The van der Waals surface area contributed by atoms with Crippen LogP contribution in [-0.2, 0) is 26.5 Å². The molecule has 2 aliphatic rings. The van der Waals surface area contributed by atoms with E-state index in [2.05, 4.69) is 17.0 Å². The Morgan fingerprint density at radius 2 is 1.77 bits per heavy atom. The fourth-order valence-electron chi connectivity index (χ4n) is 5.11. The molecule has 0 unspecified atom stereocenters. The highest BCUT2D eigenvalue weighted by Gasteiger charge is 2.40. The van der Waals surface area contributed by atoms with Crippen molar-refractivity contribution in [2.45, 2.75) is 31.7 Å². The molecule has 3 aromatic rings. The van der Waals surface area contributed by atoms with Crippen LogP contribution in [0.2, 0.25) is 10.0 Å². The van der Waals surface area contributed by atoms with Crippen LogP contribution >= 0.6 is 23.2 Å². The number of amides is 1. The molecule has 5 rings (SSSR count). The number of halogens is 2. The summed E-state index contributed by atoms with van der Waals surface area (Å²) >= 11 is 12.4. The molecule has 0 aromatic heterocycles. The molecule has 212 valence electrons. The molecule has 2 heterocycles. The van der Waals surface area contributed by atoms with E-state index in [9.17, 15) is 4.79 Å². The first kappa shape index (κ1) is 28.6. The Hall–Kier alpha value is -2.97. The van der Waals surface area contributed by atoms with Gasteiger partial charge in [-0.15, -0.1) is 0 Å². The molecule has 7 nitrogen and oxygen atoms in total. The second-order valence-corrected chi connectivity index (χ2v) is 11.0. The molecular weight excluding hydrogens is 551 g/mol. The number of benzene rings is 3. The minimum atomic E-state index is -0.946. The number of piperazine rings is 1. The maximum Gasteiger partial charge on any atom is 0.223 e. The number of rotatable bonds is 9. The van der Waals surface area contributed by atoms with Crippen LogP contribution in [0.4, 0.5) is 5.69 Å². The third kappa shape index (κ3) is 6.84. The largest absolute Gasteiger partial charge is 0.497 e. The molecule has 0 N–H and O–H groups in total. The van der Waals surface area contributed by atoms with Crippen molar-refractivity contribution in [1.82, 2.24) is 4.90 Å². The summed E-state index contributed by atoms with van der Waals surface area (Å²) < 4.78 is 23.4. The number of nitrogens with zero attached hydrogens (tertiary/aromatic N) is 2. The highest BCUT2D eigenvalue weighted by atomic mass is 35.5. The van der Waals surface area contributed by atoms with E-state index in [0.717, 1.165) is 41.4 Å². The number of carbonyl (C=O) groups is 1. The molecular formula is C31H34Cl2N2O5. The van der Waals surface area contributed by atoms with Crippen LogP contribution in [0.1, 0.15) is 24.5 Å². The Morgan fingerprint density at radius 1 is 1.00 bits per heavy atom.